The van der Waals surface area contributed by atoms with Gasteiger partial charge in [0.25, 0.3) is 0 Å². The number of benzene rings is 8. The first kappa shape index (κ1) is 29.1. The Bertz CT molecular complexity index is 2890. The number of aromatic nitrogens is 2. The van der Waals surface area contributed by atoms with Crippen LogP contribution in [0.4, 0.5) is 0 Å². The van der Waals surface area contributed by atoms with Gasteiger partial charge in [0, 0.05) is 27.5 Å². The molecule has 2 heterocycles. The van der Waals surface area contributed by atoms with Gasteiger partial charge in [-0.3, -0.25) is 0 Å². The van der Waals surface area contributed by atoms with Gasteiger partial charge >= 0.3 is 0 Å². The molecule has 0 bridgehead atoms. The van der Waals surface area contributed by atoms with E-state index < -0.39 is 0 Å². The average molecular weight is 651 g/mol. The van der Waals surface area contributed by atoms with Crippen LogP contribution in [0.15, 0.2) is 186 Å². The lowest BCUT2D eigenvalue weighted by atomic mass is 9.94. The van der Waals surface area contributed by atoms with Crippen LogP contribution in [0.25, 0.3) is 99.6 Å². The van der Waals surface area contributed by atoms with Crippen molar-refractivity contribution in [1.29, 1.82) is 0 Å². The van der Waals surface area contributed by atoms with Gasteiger partial charge in [0.2, 0.25) is 0 Å². The maximum atomic E-state index is 6.67. The maximum absolute atomic E-state index is 6.67. The van der Waals surface area contributed by atoms with Crippen molar-refractivity contribution in [2.75, 3.05) is 0 Å². The maximum Gasteiger partial charge on any atom is 0.160 e. The van der Waals surface area contributed by atoms with Crippen LogP contribution >= 0.6 is 0 Å². The fraction of sp³-hybridized carbons (Fsp3) is 0. The molecule has 0 fully saturated rings. The molecule has 0 atom stereocenters. The normalized spacial score (nSPS) is 11.5. The number of hydrogen-bond donors (Lipinski definition) is 0. The Hall–Kier alpha value is -6.84. The Balaban J connectivity index is 1.20. The standard InChI is InChI=1S/C48H30N2O/c1-4-13-31(14-5-1)39-22-12-21-36-25-37(23-24-40(36)39)43-30-44(50-48(49-43)33-17-8-3-9-18-33)38-27-41(32-15-6-2-7-16-32)47-42-26-34-19-10-11-20-35(34)28-45(42)51-46(47)29-38/h1-30H. The van der Waals surface area contributed by atoms with Crippen LogP contribution in [0.2, 0.25) is 0 Å². The van der Waals surface area contributed by atoms with E-state index in [2.05, 4.69) is 164 Å². The molecule has 2 aromatic heterocycles. The van der Waals surface area contributed by atoms with Crippen LogP contribution in [-0.4, -0.2) is 9.97 Å². The predicted molar refractivity (Wildman–Crippen MR) is 212 cm³/mol. The second kappa shape index (κ2) is 11.9. The van der Waals surface area contributed by atoms with E-state index in [-0.39, 0.29) is 0 Å². The largest absolute Gasteiger partial charge is 0.456 e. The van der Waals surface area contributed by atoms with Crippen LogP contribution in [0.5, 0.6) is 0 Å². The van der Waals surface area contributed by atoms with Crippen LogP contribution in [0, 0.1) is 0 Å². The topological polar surface area (TPSA) is 38.9 Å². The molecular weight excluding hydrogens is 621 g/mol. The third-order valence-electron chi connectivity index (χ3n) is 9.84. The third-order valence-corrected chi connectivity index (χ3v) is 9.84. The Morgan fingerprint density at radius 1 is 0.333 bits per heavy atom. The molecule has 0 spiro atoms. The van der Waals surface area contributed by atoms with E-state index in [0.717, 1.165) is 71.9 Å². The highest BCUT2D eigenvalue weighted by atomic mass is 16.3. The summed E-state index contributed by atoms with van der Waals surface area (Å²) in [4.78, 5) is 10.4. The molecule has 0 saturated heterocycles. The van der Waals surface area contributed by atoms with Crippen LogP contribution in [-0.2, 0) is 0 Å². The Kier molecular flexibility index (Phi) is 6.81. The molecule has 10 aromatic rings. The summed E-state index contributed by atoms with van der Waals surface area (Å²) in [7, 11) is 0. The van der Waals surface area contributed by atoms with E-state index in [1.54, 1.807) is 0 Å². The summed E-state index contributed by atoms with van der Waals surface area (Å²) in [5, 5.41) is 6.93. The number of fused-ring (bicyclic) bond motifs is 5. The number of hydrogen-bond acceptors (Lipinski definition) is 3. The lowest BCUT2D eigenvalue weighted by Crippen LogP contribution is -1.96. The van der Waals surface area contributed by atoms with Gasteiger partial charge in [-0.1, -0.05) is 146 Å². The summed E-state index contributed by atoms with van der Waals surface area (Å²) < 4.78 is 6.67. The van der Waals surface area contributed by atoms with E-state index in [9.17, 15) is 0 Å². The van der Waals surface area contributed by atoms with Crippen LogP contribution in [0.1, 0.15) is 0 Å². The molecule has 0 aliphatic heterocycles. The molecular formula is C48H30N2O. The van der Waals surface area contributed by atoms with E-state index in [0.29, 0.717) is 5.82 Å². The zero-order valence-corrected chi connectivity index (χ0v) is 27.6. The molecule has 51 heavy (non-hydrogen) atoms. The van der Waals surface area contributed by atoms with E-state index in [1.807, 2.05) is 18.2 Å². The van der Waals surface area contributed by atoms with Gasteiger partial charge in [-0.05, 0) is 80.2 Å². The van der Waals surface area contributed by atoms with Crippen molar-refractivity contribution < 1.29 is 4.42 Å². The molecule has 3 heteroatoms. The van der Waals surface area contributed by atoms with Crippen molar-refractivity contribution in [3.8, 4) is 56.2 Å². The van der Waals surface area contributed by atoms with Crippen LogP contribution in [0.3, 0.4) is 0 Å². The molecule has 10 rings (SSSR count). The van der Waals surface area contributed by atoms with Gasteiger partial charge in [-0.2, -0.15) is 0 Å². The quantitative estimate of drug-likeness (QED) is 0.186. The van der Waals surface area contributed by atoms with Gasteiger partial charge in [0.1, 0.15) is 11.2 Å². The third kappa shape index (κ3) is 5.15. The van der Waals surface area contributed by atoms with Crippen molar-refractivity contribution >= 4 is 43.5 Å². The van der Waals surface area contributed by atoms with Crippen molar-refractivity contribution in [3.63, 3.8) is 0 Å². The van der Waals surface area contributed by atoms with Crippen molar-refractivity contribution in [3.05, 3.63) is 182 Å². The molecule has 0 unspecified atom stereocenters. The Morgan fingerprint density at radius 2 is 0.941 bits per heavy atom. The molecule has 0 amide bonds. The van der Waals surface area contributed by atoms with Gasteiger partial charge in [-0.25, -0.2) is 9.97 Å². The summed E-state index contributed by atoms with van der Waals surface area (Å²) in [6.45, 7) is 0. The number of rotatable bonds is 5. The van der Waals surface area contributed by atoms with E-state index in [4.69, 9.17) is 14.4 Å². The highest BCUT2D eigenvalue weighted by Crippen LogP contribution is 2.42. The lowest BCUT2D eigenvalue weighted by Gasteiger charge is -2.13. The molecule has 238 valence electrons. The molecule has 0 N–H and O–H groups in total. The minimum atomic E-state index is 0.679. The fourth-order valence-electron chi connectivity index (χ4n) is 7.36. The molecule has 0 aliphatic carbocycles. The first-order valence-corrected chi connectivity index (χ1v) is 17.2. The van der Waals surface area contributed by atoms with Gasteiger partial charge in [0.15, 0.2) is 5.82 Å². The van der Waals surface area contributed by atoms with Crippen molar-refractivity contribution in [1.82, 2.24) is 9.97 Å². The summed E-state index contributed by atoms with van der Waals surface area (Å²) >= 11 is 0. The summed E-state index contributed by atoms with van der Waals surface area (Å²) in [5.74, 6) is 0.679. The van der Waals surface area contributed by atoms with Gasteiger partial charge < -0.3 is 4.42 Å². The number of furan rings is 1. The predicted octanol–water partition coefficient (Wildman–Crippen LogP) is 13.0. The Morgan fingerprint density at radius 3 is 1.67 bits per heavy atom. The van der Waals surface area contributed by atoms with Crippen molar-refractivity contribution in [2.24, 2.45) is 0 Å². The van der Waals surface area contributed by atoms with Crippen LogP contribution < -0.4 is 0 Å². The van der Waals surface area contributed by atoms with Gasteiger partial charge in [-0.15, -0.1) is 0 Å². The first-order valence-electron chi connectivity index (χ1n) is 17.2. The van der Waals surface area contributed by atoms with Crippen molar-refractivity contribution in [2.45, 2.75) is 0 Å². The lowest BCUT2D eigenvalue weighted by molar-refractivity contribution is 0.669. The SMILES string of the molecule is c1ccc(-c2nc(-c3ccc4c(-c5ccccc5)cccc4c3)cc(-c3cc(-c4ccccc4)c4c(c3)oc3cc5ccccc5cc34)n2)cc1. The van der Waals surface area contributed by atoms with E-state index in [1.165, 1.54) is 21.9 Å². The number of nitrogens with zero attached hydrogens (tertiary/aromatic N) is 2. The summed E-state index contributed by atoms with van der Waals surface area (Å²) in [6.07, 6.45) is 0. The summed E-state index contributed by atoms with van der Waals surface area (Å²) in [5.41, 5.74) is 11.0. The smallest absolute Gasteiger partial charge is 0.160 e. The monoisotopic (exact) mass is 650 g/mol. The average Bonchev–Trinajstić information content (AvgIpc) is 3.57. The highest BCUT2D eigenvalue weighted by Gasteiger charge is 2.18. The molecule has 3 nitrogen and oxygen atoms in total. The fourth-order valence-corrected chi connectivity index (χ4v) is 7.36. The zero-order valence-electron chi connectivity index (χ0n) is 27.6. The first-order chi connectivity index (χ1) is 25.2. The molecule has 0 saturated carbocycles. The second-order valence-electron chi connectivity index (χ2n) is 13.0. The van der Waals surface area contributed by atoms with Gasteiger partial charge in [0.05, 0.1) is 11.4 Å². The summed E-state index contributed by atoms with van der Waals surface area (Å²) in [6, 6.07) is 63.8. The molecule has 0 radical (unpaired) electrons. The minimum absolute atomic E-state index is 0.679. The van der Waals surface area contributed by atoms with E-state index >= 15 is 0 Å². The molecule has 8 aromatic carbocycles. The zero-order chi connectivity index (χ0) is 33.7. The highest BCUT2D eigenvalue weighted by molar-refractivity contribution is 6.16. The molecule has 0 aliphatic rings. The minimum Gasteiger partial charge on any atom is -0.456 e. The second-order valence-corrected chi connectivity index (χ2v) is 13.0. The Labute approximate surface area is 295 Å².